The first-order valence-corrected chi connectivity index (χ1v) is 10.8. The summed E-state index contributed by atoms with van der Waals surface area (Å²) in [5, 5.41) is 19.8. The molecule has 6 nitrogen and oxygen atoms in total. The van der Waals surface area contributed by atoms with Gasteiger partial charge in [-0.05, 0) is 35.7 Å². The first kappa shape index (κ1) is 18.7. The number of hydrogen-bond acceptors (Lipinski definition) is 5. The summed E-state index contributed by atoms with van der Waals surface area (Å²) in [5.74, 6) is 0.490. The molecule has 0 saturated carbocycles. The number of carbonyl (C=O) groups is 1. The molecular formula is C23H21N5OS. The molecule has 0 aliphatic rings. The fraction of sp³-hybridized carbons (Fsp3) is 0.217. The maximum Gasteiger partial charge on any atom is 0.179 e. The number of fused-ring (bicyclic) bond motifs is 2. The highest BCUT2D eigenvalue weighted by Crippen LogP contribution is 2.29. The van der Waals surface area contributed by atoms with Crippen molar-refractivity contribution >= 4 is 38.9 Å². The third kappa shape index (κ3) is 3.64. The van der Waals surface area contributed by atoms with Gasteiger partial charge in [0.25, 0.3) is 0 Å². The Morgan fingerprint density at radius 1 is 1.03 bits per heavy atom. The van der Waals surface area contributed by atoms with E-state index in [9.17, 15) is 4.79 Å². The molecule has 0 atom stereocenters. The second-order valence-electron chi connectivity index (χ2n) is 7.98. The van der Waals surface area contributed by atoms with Crippen molar-refractivity contribution in [3.8, 4) is 10.6 Å². The van der Waals surface area contributed by atoms with Crippen molar-refractivity contribution < 1.29 is 4.79 Å². The third-order valence-electron chi connectivity index (χ3n) is 5.09. The van der Waals surface area contributed by atoms with Gasteiger partial charge >= 0.3 is 0 Å². The number of nitrogens with one attached hydrogen (secondary N) is 2. The van der Waals surface area contributed by atoms with Gasteiger partial charge in [0.1, 0.15) is 10.0 Å². The van der Waals surface area contributed by atoms with Crippen molar-refractivity contribution in [2.24, 2.45) is 5.92 Å². The molecule has 0 unspecified atom stereocenters. The van der Waals surface area contributed by atoms with E-state index < -0.39 is 0 Å². The standard InChI is InChI=1S/C23H21N5OS/c1-13(2)7-21(29)20-10-15-4-5-16(11-19(15)25-20)23-28-27-22(30-23)9-14-3-6-18-17(8-14)12-24-26-18/h3-6,8,10-13,25H,7,9H2,1-2H3,(H,24,26). The lowest BCUT2D eigenvalue weighted by atomic mass is 10.1. The van der Waals surface area contributed by atoms with Crippen molar-refractivity contribution in [1.29, 1.82) is 0 Å². The monoisotopic (exact) mass is 415 g/mol. The van der Waals surface area contributed by atoms with E-state index >= 15 is 0 Å². The minimum atomic E-state index is 0.149. The van der Waals surface area contributed by atoms with E-state index in [0.717, 1.165) is 43.8 Å². The molecule has 5 aromatic rings. The number of aromatic nitrogens is 5. The molecule has 0 aliphatic heterocycles. The molecule has 30 heavy (non-hydrogen) atoms. The van der Waals surface area contributed by atoms with Crippen LogP contribution in [0.2, 0.25) is 0 Å². The maximum absolute atomic E-state index is 12.4. The summed E-state index contributed by atoms with van der Waals surface area (Å²) in [6.45, 7) is 4.11. The Morgan fingerprint density at radius 2 is 1.93 bits per heavy atom. The molecule has 0 fully saturated rings. The zero-order valence-electron chi connectivity index (χ0n) is 16.8. The second kappa shape index (κ2) is 7.50. The topological polar surface area (TPSA) is 87.3 Å². The molecule has 0 bridgehead atoms. The Balaban J connectivity index is 1.38. The van der Waals surface area contributed by atoms with Crippen LogP contribution in [0.4, 0.5) is 0 Å². The molecular weight excluding hydrogens is 394 g/mol. The van der Waals surface area contributed by atoms with E-state index in [1.165, 1.54) is 5.56 Å². The summed E-state index contributed by atoms with van der Waals surface area (Å²) in [4.78, 5) is 15.6. The van der Waals surface area contributed by atoms with Gasteiger partial charge in [0.15, 0.2) is 5.78 Å². The fourth-order valence-electron chi connectivity index (χ4n) is 3.61. The minimum absolute atomic E-state index is 0.149. The van der Waals surface area contributed by atoms with Crippen LogP contribution >= 0.6 is 11.3 Å². The molecule has 150 valence electrons. The van der Waals surface area contributed by atoms with Gasteiger partial charge in [-0.15, -0.1) is 10.2 Å². The number of Topliss-reactive ketones (excluding diaryl/α,β-unsaturated/α-hetero) is 1. The molecule has 7 heteroatoms. The van der Waals surface area contributed by atoms with Crippen LogP contribution in [-0.4, -0.2) is 31.2 Å². The Hall–Kier alpha value is -3.32. The molecule has 0 saturated heterocycles. The normalized spacial score (nSPS) is 11.7. The average molecular weight is 416 g/mol. The molecule has 3 heterocycles. The van der Waals surface area contributed by atoms with Gasteiger partial charge in [0.05, 0.1) is 17.4 Å². The number of ketones is 1. The van der Waals surface area contributed by atoms with Crippen LogP contribution < -0.4 is 0 Å². The highest BCUT2D eigenvalue weighted by molar-refractivity contribution is 7.14. The summed E-state index contributed by atoms with van der Waals surface area (Å²) in [6, 6.07) is 14.3. The van der Waals surface area contributed by atoms with E-state index in [2.05, 4.69) is 51.4 Å². The number of rotatable bonds is 6. The van der Waals surface area contributed by atoms with Crippen molar-refractivity contribution in [1.82, 2.24) is 25.4 Å². The van der Waals surface area contributed by atoms with Crippen molar-refractivity contribution in [2.45, 2.75) is 26.7 Å². The van der Waals surface area contributed by atoms with Crippen molar-refractivity contribution in [3.63, 3.8) is 0 Å². The zero-order chi connectivity index (χ0) is 20.7. The van der Waals surface area contributed by atoms with E-state index in [0.29, 0.717) is 18.0 Å². The summed E-state index contributed by atoms with van der Waals surface area (Å²) >= 11 is 1.59. The van der Waals surface area contributed by atoms with Gasteiger partial charge in [-0.3, -0.25) is 9.89 Å². The maximum atomic E-state index is 12.4. The van der Waals surface area contributed by atoms with E-state index in [1.54, 1.807) is 11.3 Å². The quantitative estimate of drug-likeness (QED) is 0.364. The SMILES string of the molecule is CC(C)CC(=O)c1cc2ccc(-c3nnc(Cc4ccc5[nH]ncc5c4)s3)cc2[nH]1. The average Bonchev–Trinajstić information content (AvgIpc) is 3.45. The number of nitrogens with zero attached hydrogens (tertiary/aromatic N) is 3. The van der Waals surface area contributed by atoms with Crippen molar-refractivity contribution in [2.75, 3.05) is 0 Å². The van der Waals surface area contributed by atoms with Crippen LogP contribution in [0.5, 0.6) is 0 Å². The Bertz CT molecular complexity index is 1360. The lowest BCUT2D eigenvalue weighted by Gasteiger charge is -2.00. The Kier molecular flexibility index (Phi) is 4.67. The number of H-pyrrole nitrogens is 2. The predicted octanol–water partition coefficient (Wildman–Crippen LogP) is 5.38. The van der Waals surface area contributed by atoms with Gasteiger partial charge in [-0.1, -0.05) is 43.4 Å². The predicted molar refractivity (Wildman–Crippen MR) is 120 cm³/mol. The lowest BCUT2D eigenvalue weighted by molar-refractivity contribution is 0.0964. The minimum Gasteiger partial charge on any atom is -0.352 e. The number of benzene rings is 2. The van der Waals surface area contributed by atoms with Gasteiger partial charge < -0.3 is 4.98 Å². The number of aromatic amines is 2. The summed E-state index contributed by atoms with van der Waals surface area (Å²) in [6.07, 6.45) is 3.11. The van der Waals surface area contributed by atoms with Gasteiger partial charge in [0.2, 0.25) is 0 Å². The molecule has 2 aromatic carbocycles. The Morgan fingerprint density at radius 3 is 2.80 bits per heavy atom. The molecule has 0 aliphatic carbocycles. The van der Waals surface area contributed by atoms with Crippen LogP contribution in [0.3, 0.4) is 0 Å². The molecule has 3 aromatic heterocycles. The van der Waals surface area contributed by atoms with Crippen LogP contribution in [0.25, 0.3) is 32.4 Å². The Labute approximate surface area is 177 Å². The van der Waals surface area contributed by atoms with Crippen LogP contribution in [0.15, 0.2) is 48.7 Å². The first-order valence-electron chi connectivity index (χ1n) is 9.96. The van der Waals surface area contributed by atoms with E-state index in [4.69, 9.17) is 0 Å². The largest absolute Gasteiger partial charge is 0.352 e. The summed E-state index contributed by atoms with van der Waals surface area (Å²) < 4.78 is 0. The first-order chi connectivity index (χ1) is 14.5. The van der Waals surface area contributed by atoms with E-state index in [-0.39, 0.29) is 5.78 Å². The fourth-order valence-corrected chi connectivity index (χ4v) is 4.48. The highest BCUT2D eigenvalue weighted by Gasteiger charge is 2.13. The van der Waals surface area contributed by atoms with Gasteiger partial charge in [0, 0.05) is 34.7 Å². The zero-order valence-corrected chi connectivity index (χ0v) is 17.6. The summed E-state index contributed by atoms with van der Waals surface area (Å²) in [7, 11) is 0. The number of hydrogen-bond donors (Lipinski definition) is 2. The molecule has 0 radical (unpaired) electrons. The molecule has 0 spiro atoms. The number of carbonyl (C=O) groups excluding carboxylic acids is 1. The smallest absolute Gasteiger partial charge is 0.179 e. The van der Waals surface area contributed by atoms with Gasteiger partial charge in [-0.25, -0.2) is 0 Å². The van der Waals surface area contributed by atoms with Crippen LogP contribution in [0.1, 0.15) is 41.3 Å². The van der Waals surface area contributed by atoms with E-state index in [1.807, 2.05) is 36.5 Å². The second-order valence-corrected chi connectivity index (χ2v) is 9.04. The van der Waals surface area contributed by atoms with Crippen LogP contribution in [-0.2, 0) is 6.42 Å². The summed E-state index contributed by atoms with van der Waals surface area (Å²) in [5.41, 5.74) is 4.83. The highest BCUT2D eigenvalue weighted by atomic mass is 32.1. The third-order valence-corrected chi connectivity index (χ3v) is 6.06. The lowest BCUT2D eigenvalue weighted by Crippen LogP contribution is -2.03. The molecule has 0 amide bonds. The molecule has 5 rings (SSSR count). The van der Waals surface area contributed by atoms with Crippen molar-refractivity contribution in [3.05, 3.63) is 64.9 Å². The van der Waals surface area contributed by atoms with Gasteiger partial charge in [-0.2, -0.15) is 5.10 Å². The van der Waals surface area contributed by atoms with Crippen LogP contribution in [0, 0.1) is 5.92 Å². The molecule has 2 N–H and O–H groups in total.